The average Bonchev–Trinajstić information content (AvgIpc) is 2.90. The topological polar surface area (TPSA) is 64.4 Å². The molecule has 0 atom stereocenters. The average molecular weight is 316 g/mol. The highest BCUT2D eigenvalue weighted by molar-refractivity contribution is 7.07. The molecule has 0 saturated heterocycles. The molecule has 0 spiro atoms. The van der Waals surface area contributed by atoms with Crippen molar-refractivity contribution in [3.63, 3.8) is 0 Å². The van der Waals surface area contributed by atoms with Crippen LogP contribution in [-0.4, -0.2) is 12.3 Å². The highest BCUT2D eigenvalue weighted by Crippen LogP contribution is 2.28. The lowest BCUT2D eigenvalue weighted by molar-refractivity contribution is -0.274. The van der Waals surface area contributed by atoms with Gasteiger partial charge in [0.1, 0.15) is 0 Å². The van der Waals surface area contributed by atoms with E-state index in [0.717, 1.165) is 17.7 Å². The number of hydrogen-bond donors (Lipinski definition) is 2. The van der Waals surface area contributed by atoms with Crippen molar-refractivity contribution in [2.45, 2.75) is 12.9 Å². The SMILES string of the molecule is Nc1cc(C(=O)NCc2ccsc2)ccc1OC(F)(F)F. The number of nitrogens with two attached hydrogens (primary N) is 1. The molecule has 0 aliphatic heterocycles. The number of alkyl halides is 3. The van der Waals surface area contributed by atoms with Gasteiger partial charge in [-0.15, -0.1) is 13.2 Å². The maximum absolute atomic E-state index is 12.1. The zero-order chi connectivity index (χ0) is 15.5. The Labute approximate surface area is 122 Å². The number of thiophene rings is 1. The van der Waals surface area contributed by atoms with Gasteiger partial charge in [-0.1, -0.05) is 0 Å². The number of nitrogens with one attached hydrogen (secondary N) is 1. The van der Waals surface area contributed by atoms with Crippen LogP contribution in [0.3, 0.4) is 0 Å². The molecule has 4 nitrogen and oxygen atoms in total. The molecule has 112 valence electrons. The summed E-state index contributed by atoms with van der Waals surface area (Å²) >= 11 is 1.50. The van der Waals surface area contributed by atoms with E-state index in [-0.39, 0.29) is 11.3 Å². The minimum absolute atomic E-state index is 0.164. The Balaban J connectivity index is 2.03. The summed E-state index contributed by atoms with van der Waals surface area (Å²) in [6, 6.07) is 5.24. The fraction of sp³-hybridized carbons (Fsp3) is 0.154. The molecule has 0 aliphatic carbocycles. The van der Waals surface area contributed by atoms with Crippen molar-refractivity contribution in [3.8, 4) is 5.75 Å². The first kappa shape index (κ1) is 15.2. The van der Waals surface area contributed by atoms with Crippen molar-refractivity contribution in [1.29, 1.82) is 0 Å². The number of ether oxygens (including phenoxy) is 1. The molecule has 0 fully saturated rings. The smallest absolute Gasteiger partial charge is 0.404 e. The second-order valence-corrected chi connectivity index (χ2v) is 4.89. The number of amides is 1. The summed E-state index contributed by atoms with van der Waals surface area (Å²) in [7, 11) is 0. The van der Waals surface area contributed by atoms with Crippen LogP contribution in [-0.2, 0) is 6.54 Å². The Morgan fingerprint density at radius 2 is 2.10 bits per heavy atom. The molecule has 0 aliphatic rings. The molecule has 3 N–H and O–H groups in total. The van der Waals surface area contributed by atoms with Gasteiger partial charge in [0.05, 0.1) is 5.69 Å². The Bertz CT molecular complexity index is 627. The van der Waals surface area contributed by atoms with E-state index < -0.39 is 18.0 Å². The van der Waals surface area contributed by atoms with E-state index in [1.54, 1.807) is 0 Å². The predicted octanol–water partition coefficient (Wildman–Crippen LogP) is 3.16. The summed E-state index contributed by atoms with van der Waals surface area (Å²) in [6.45, 7) is 0.336. The van der Waals surface area contributed by atoms with Crippen molar-refractivity contribution in [2.24, 2.45) is 0 Å². The van der Waals surface area contributed by atoms with Gasteiger partial charge in [0, 0.05) is 12.1 Å². The lowest BCUT2D eigenvalue weighted by atomic mass is 10.1. The zero-order valence-corrected chi connectivity index (χ0v) is 11.4. The molecule has 21 heavy (non-hydrogen) atoms. The van der Waals surface area contributed by atoms with Gasteiger partial charge in [-0.05, 0) is 40.6 Å². The molecule has 1 aromatic heterocycles. The number of carbonyl (C=O) groups is 1. The second-order valence-electron chi connectivity index (χ2n) is 4.11. The van der Waals surface area contributed by atoms with Crippen LogP contribution in [0, 0.1) is 0 Å². The first-order valence-corrected chi connectivity index (χ1v) is 6.74. The lowest BCUT2D eigenvalue weighted by Gasteiger charge is -2.12. The molecule has 8 heteroatoms. The van der Waals surface area contributed by atoms with Crippen molar-refractivity contribution >= 4 is 22.9 Å². The van der Waals surface area contributed by atoms with Crippen molar-refractivity contribution in [2.75, 3.05) is 5.73 Å². The normalized spacial score (nSPS) is 11.2. The minimum atomic E-state index is -4.82. The molecule has 2 rings (SSSR count). The van der Waals surface area contributed by atoms with E-state index >= 15 is 0 Å². The van der Waals surface area contributed by atoms with Gasteiger partial charge in [-0.3, -0.25) is 4.79 Å². The second kappa shape index (κ2) is 6.04. The van der Waals surface area contributed by atoms with Crippen molar-refractivity contribution < 1.29 is 22.7 Å². The zero-order valence-electron chi connectivity index (χ0n) is 10.6. The molecule has 0 unspecified atom stereocenters. The minimum Gasteiger partial charge on any atom is -0.404 e. The number of benzene rings is 1. The van der Waals surface area contributed by atoms with E-state index in [9.17, 15) is 18.0 Å². The van der Waals surface area contributed by atoms with Gasteiger partial charge in [0.2, 0.25) is 0 Å². The standard InChI is InChI=1S/C13H11F3N2O2S/c14-13(15,16)20-11-2-1-9(5-10(11)17)12(19)18-6-8-3-4-21-7-8/h1-5,7H,6,17H2,(H,18,19). The number of hydrogen-bond acceptors (Lipinski definition) is 4. The Morgan fingerprint density at radius 1 is 1.33 bits per heavy atom. The molecular weight excluding hydrogens is 305 g/mol. The van der Waals surface area contributed by atoms with Crippen LogP contribution in [0.4, 0.5) is 18.9 Å². The van der Waals surface area contributed by atoms with Gasteiger partial charge in [0.25, 0.3) is 5.91 Å². The maximum Gasteiger partial charge on any atom is 0.573 e. The maximum atomic E-state index is 12.1. The third kappa shape index (κ3) is 4.38. The van der Waals surface area contributed by atoms with Crippen molar-refractivity contribution in [3.05, 3.63) is 46.2 Å². The Kier molecular flexibility index (Phi) is 4.37. The largest absolute Gasteiger partial charge is 0.573 e. The van der Waals surface area contributed by atoms with Gasteiger partial charge in [-0.25, -0.2) is 0 Å². The van der Waals surface area contributed by atoms with Crippen LogP contribution in [0.15, 0.2) is 35.0 Å². The molecular formula is C13H11F3N2O2S. The van der Waals surface area contributed by atoms with Gasteiger partial charge in [-0.2, -0.15) is 11.3 Å². The van der Waals surface area contributed by atoms with Crippen LogP contribution >= 0.6 is 11.3 Å². The Hall–Kier alpha value is -2.22. The predicted molar refractivity (Wildman–Crippen MR) is 73.0 cm³/mol. The van der Waals surface area contributed by atoms with Crippen LogP contribution in [0.25, 0.3) is 0 Å². The molecule has 1 heterocycles. The lowest BCUT2D eigenvalue weighted by Crippen LogP contribution is -2.23. The number of carbonyl (C=O) groups excluding carboxylic acids is 1. The summed E-state index contributed by atoms with van der Waals surface area (Å²) < 4.78 is 40.0. The van der Waals surface area contributed by atoms with E-state index in [1.165, 1.54) is 17.4 Å². The molecule has 0 bridgehead atoms. The van der Waals surface area contributed by atoms with E-state index in [2.05, 4.69) is 10.1 Å². The molecule has 1 amide bonds. The van der Waals surface area contributed by atoms with Gasteiger partial charge in [0.15, 0.2) is 5.75 Å². The highest BCUT2D eigenvalue weighted by atomic mass is 32.1. The van der Waals surface area contributed by atoms with Gasteiger partial charge < -0.3 is 15.8 Å². The molecule has 1 aromatic carbocycles. The fourth-order valence-electron chi connectivity index (χ4n) is 1.58. The Morgan fingerprint density at radius 3 is 2.67 bits per heavy atom. The van der Waals surface area contributed by atoms with E-state index in [1.807, 2.05) is 16.8 Å². The monoisotopic (exact) mass is 316 g/mol. The molecule has 0 radical (unpaired) electrons. The molecule has 2 aromatic rings. The first-order chi connectivity index (χ1) is 9.85. The number of nitrogen functional groups attached to an aromatic ring is 1. The summed E-state index contributed by atoms with van der Waals surface area (Å²) in [5.74, 6) is -0.955. The van der Waals surface area contributed by atoms with Crippen LogP contribution in [0.5, 0.6) is 5.75 Å². The summed E-state index contributed by atoms with van der Waals surface area (Å²) in [4.78, 5) is 11.9. The summed E-state index contributed by atoms with van der Waals surface area (Å²) in [5.41, 5.74) is 6.31. The van der Waals surface area contributed by atoms with Gasteiger partial charge >= 0.3 is 6.36 Å². The van der Waals surface area contributed by atoms with Crippen molar-refractivity contribution in [1.82, 2.24) is 5.32 Å². The van der Waals surface area contributed by atoms with E-state index in [4.69, 9.17) is 5.73 Å². The fourth-order valence-corrected chi connectivity index (χ4v) is 2.25. The number of anilines is 1. The first-order valence-electron chi connectivity index (χ1n) is 5.80. The summed E-state index contributed by atoms with van der Waals surface area (Å²) in [5, 5.41) is 6.41. The number of halogens is 3. The quantitative estimate of drug-likeness (QED) is 0.852. The summed E-state index contributed by atoms with van der Waals surface area (Å²) in [6.07, 6.45) is -4.82. The number of rotatable bonds is 4. The van der Waals surface area contributed by atoms with Crippen LogP contribution < -0.4 is 15.8 Å². The van der Waals surface area contributed by atoms with Crippen LogP contribution in [0.2, 0.25) is 0 Å². The third-order valence-corrected chi connectivity index (χ3v) is 3.26. The van der Waals surface area contributed by atoms with Crippen LogP contribution in [0.1, 0.15) is 15.9 Å². The third-order valence-electron chi connectivity index (χ3n) is 2.53. The van der Waals surface area contributed by atoms with E-state index in [0.29, 0.717) is 6.54 Å². The highest BCUT2D eigenvalue weighted by Gasteiger charge is 2.32. The molecule has 0 saturated carbocycles.